The number of nitrogens with one attached hydrogen (secondary N) is 2. The van der Waals surface area contributed by atoms with Crippen molar-refractivity contribution in [2.45, 2.75) is 20.0 Å². The Morgan fingerprint density at radius 2 is 1.91 bits per heavy atom. The van der Waals surface area contributed by atoms with Crippen molar-refractivity contribution in [2.75, 3.05) is 7.11 Å². The van der Waals surface area contributed by atoms with E-state index >= 15 is 0 Å². The summed E-state index contributed by atoms with van der Waals surface area (Å²) < 4.78 is 35.0. The summed E-state index contributed by atoms with van der Waals surface area (Å²) in [6.07, 6.45) is 3.45. The molecule has 0 aliphatic carbocycles. The fraction of sp³-hybridized carbons (Fsp3) is 0.174. The van der Waals surface area contributed by atoms with Crippen molar-refractivity contribution in [1.82, 2.24) is 29.9 Å². The fourth-order valence-electron chi connectivity index (χ4n) is 3.86. The second-order valence-electron chi connectivity index (χ2n) is 7.46. The first-order valence-electron chi connectivity index (χ1n) is 10.4. The van der Waals surface area contributed by atoms with E-state index in [0.29, 0.717) is 56.3 Å². The lowest BCUT2D eigenvalue weighted by Gasteiger charge is -2.12. The van der Waals surface area contributed by atoms with E-state index in [-0.39, 0.29) is 22.8 Å². The van der Waals surface area contributed by atoms with Crippen LogP contribution in [0.2, 0.25) is 5.15 Å². The number of H-pyrrole nitrogens is 2. The Kier molecular flexibility index (Phi) is 5.77. The molecule has 0 unspecified atom stereocenters. The molecule has 0 aliphatic heterocycles. The molecule has 0 aromatic carbocycles. The largest absolute Gasteiger partial charge is 0.496 e. The summed E-state index contributed by atoms with van der Waals surface area (Å²) in [5, 5.41) is 0.888. The van der Waals surface area contributed by atoms with Gasteiger partial charge in [-0.2, -0.15) is 8.78 Å². The van der Waals surface area contributed by atoms with E-state index in [9.17, 15) is 13.6 Å². The number of hydrogen-bond donors (Lipinski definition) is 2. The maximum Gasteiger partial charge on any atom is 0.388 e. The Morgan fingerprint density at radius 1 is 1.09 bits per heavy atom. The van der Waals surface area contributed by atoms with Crippen LogP contribution < -0.4 is 15.0 Å². The molecule has 5 aromatic rings. The van der Waals surface area contributed by atoms with Crippen LogP contribution >= 0.6 is 11.6 Å². The van der Waals surface area contributed by atoms with Crippen LogP contribution in [0.4, 0.5) is 8.78 Å². The van der Waals surface area contributed by atoms with Gasteiger partial charge >= 0.3 is 6.61 Å². The van der Waals surface area contributed by atoms with Gasteiger partial charge in [-0.05, 0) is 18.6 Å². The lowest BCUT2D eigenvalue weighted by Crippen LogP contribution is -2.10. The van der Waals surface area contributed by atoms with Crippen LogP contribution in [0.5, 0.6) is 11.6 Å². The molecule has 0 spiro atoms. The molecule has 35 heavy (non-hydrogen) atoms. The van der Waals surface area contributed by atoms with Crippen molar-refractivity contribution in [3.63, 3.8) is 0 Å². The highest BCUT2D eigenvalue weighted by molar-refractivity contribution is 6.30. The lowest BCUT2D eigenvalue weighted by atomic mass is 10.1. The Bertz CT molecular complexity index is 1640. The summed E-state index contributed by atoms with van der Waals surface area (Å²) in [6.45, 7) is -1.09. The number of rotatable bonds is 6. The summed E-state index contributed by atoms with van der Waals surface area (Å²) in [4.78, 5) is 36.2. The van der Waals surface area contributed by atoms with Gasteiger partial charge in [-0.25, -0.2) is 15.0 Å². The van der Waals surface area contributed by atoms with Gasteiger partial charge in [-0.3, -0.25) is 9.78 Å². The molecule has 0 aliphatic rings. The van der Waals surface area contributed by atoms with E-state index in [4.69, 9.17) is 16.3 Å². The first-order chi connectivity index (χ1) is 16.9. The number of aromatic nitrogens is 6. The van der Waals surface area contributed by atoms with Crippen LogP contribution in [-0.2, 0) is 6.42 Å². The van der Waals surface area contributed by atoms with Crippen molar-refractivity contribution in [3.05, 3.63) is 57.9 Å². The van der Waals surface area contributed by atoms with Gasteiger partial charge in [-0.15, -0.1) is 0 Å². The molecular formula is C23H17ClF2N6O3. The standard InChI is InChI=1S/C23H17ClF2N6O3/c1-3-13-20-15(7-17(24)29-13)30-21(32-20)11-6-10-14(31-22(11)33)4-5-27-19(10)12-9-28-18(35-23(25)26)8-16(12)34-2/h4-9,23H,3H2,1-2H3,(H,30,32)(H,31,33). The summed E-state index contributed by atoms with van der Waals surface area (Å²) in [5.41, 5.74) is 3.24. The number of fused-ring (bicyclic) bond motifs is 2. The van der Waals surface area contributed by atoms with E-state index < -0.39 is 6.61 Å². The summed E-state index contributed by atoms with van der Waals surface area (Å²) in [7, 11) is 1.39. The van der Waals surface area contributed by atoms with Gasteiger partial charge in [0.2, 0.25) is 5.88 Å². The van der Waals surface area contributed by atoms with Crippen LogP contribution in [-0.4, -0.2) is 43.6 Å². The molecule has 5 rings (SSSR count). The van der Waals surface area contributed by atoms with E-state index in [1.165, 1.54) is 25.6 Å². The Labute approximate surface area is 201 Å². The third-order valence-electron chi connectivity index (χ3n) is 5.40. The van der Waals surface area contributed by atoms with E-state index in [0.717, 1.165) is 0 Å². The highest BCUT2D eigenvalue weighted by Crippen LogP contribution is 2.35. The Morgan fingerprint density at radius 3 is 2.66 bits per heavy atom. The molecule has 178 valence electrons. The third-order valence-corrected chi connectivity index (χ3v) is 5.59. The van der Waals surface area contributed by atoms with Crippen molar-refractivity contribution >= 4 is 33.5 Å². The summed E-state index contributed by atoms with van der Waals surface area (Å²) >= 11 is 6.12. The molecule has 9 nitrogen and oxygen atoms in total. The Hall–Kier alpha value is -4.12. The molecule has 0 amide bonds. The minimum Gasteiger partial charge on any atom is -0.496 e. The van der Waals surface area contributed by atoms with Gasteiger partial charge in [0.15, 0.2) is 0 Å². The molecule has 5 heterocycles. The second kappa shape index (κ2) is 8.91. The fourth-order valence-corrected chi connectivity index (χ4v) is 4.07. The van der Waals surface area contributed by atoms with Crippen molar-refractivity contribution in [2.24, 2.45) is 0 Å². The quantitative estimate of drug-likeness (QED) is 0.324. The maximum atomic E-state index is 12.9. The SMILES string of the molecule is CCc1nc(Cl)cc2[nH]c(-c3cc4c(-c5cnc(OC(F)F)cc5OC)nccc4[nH]c3=O)nc12. The molecule has 0 bridgehead atoms. The zero-order valence-corrected chi connectivity index (χ0v) is 19.2. The highest BCUT2D eigenvalue weighted by Gasteiger charge is 2.18. The number of nitrogens with zero attached hydrogens (tertiary/aromatic N) is 4. The normalized spacial score (nSPS) is 11.5. The Balaban J connectivity index is 1.70. The van der Waals surface area contributed by atoms with E-state index in [1.807, 2.05) is 6.92 Å². The smallest absolute Gasteiger partial charge is 0.388 e. The van der Waals surface area contributed by atoms with Crippen LogP contribution in [0, 0.1) is 0 Å². The predicted octanol–water partition coefficient (Wildman–Crippen LogP) is 4.75. The molecule has 0 saturated heterocycles. The van der Waals surface area contributed by atoms with Gasteiger partial charge in [-0.1, -0.05) is 18.5 Å². The number of pyridine rings is 4. The number of ether oxygens (including phenoxy) is 2. The van der Waals surface area contributed by atoms with E-state index in [1.54, 1.807) is 18.2 Å². The molecule has 5 aromatic heterocycles. The second-order valence-corrected chi connectivity index (χ2v) is 7.85. The lowest BCUT2D eigenvalue weighted by molar-refractivity contribution is -0.0529. The zero-order chi connectivity index (χ0) is 24.7. The average Bonchev–Trinajstić information content (AvgIpc) is 3.25. The number of methoxy groups -OCH3 is 1. The highest BCUT2D eigenvalue weighted by atomic mass is 35.5. The number of hydrogen-bond acceptors (Lipinski definition) is 7. The van der Waals surface area contributed by atoms with Crippen LogP contribution in [0.15, 0.2) is 41.5 Å². The van der Waals surface area contributed by atoms with Crippen molar-refractivity contribution < 1.29 is 18.3 Å². The van der Waals surface area contributed by atoms with Crippen LogP contribution in [0.1, 0.15) is 12.6 Å². The monoisotopic (exact) mass is 498 g/mol. The molecule has 0 radical (unpaired) electrons. The topological polar surface area (TPSA) is 119 Å². The van der Waals surface area contributed by atoms with Crippen molar-refractivity contribution in [1.29, 1.82) is 0 Å². The summed E-state index contributed by atoms with van der Waals surface area (Å²) in [6, 6.07) is 6.19. The van der Waals surface area contributed by atoms with Crippen LogP contribution in [0.25, 0.3) is 44.6 Å². The molecule has 0 fully saturated rings. The number of alkyl halides is 2. The molecule has 12 heteroatoms. The first-order valence-corrected chi connectivity index (χ1v) is 10.8. The zero-order valence-electron chi connectivity index (χ0n) is 18.4. The molecule has 0 atom stereocenters. The molecule has 0 saturated carbocycles. The van der Waals surface area contributed by atoms with Gasteiger partial charge in [0.05, 0.1) is 40.7 Å². The predicted molar refractivity (Wildman–Crippen MR) is 126 cm³/mol. The summed E-state index contributed by atoms with van der Waals surface area (Å²) in [5.74, 6) is 0.263. The van der Waals surface area contributed by atoms with Gasteiger partial charge in [0.1, 0.15) is 22.2 Å². The van der Waals surface area contributed by atoms with Crippen molar-refractivity contribution in [3.8, 4) is 34.3 Å². The van der Waals surface area contributed by atoms with E-state index in [2.05, 4.69) is 34.6 Å². The number of aromatic amines is 2. The minimum absolute atomic E-state index is 0.223. The molecule has 2 N–H and O–H groups in total. The van der Waals surface area contributed by atoms with Gasteiger partial charge < -0.3 is 19.4 Å². The number of imidazole rings is 1. The maximum absolute atomic E-state index is 12.9. The third kappa shape index (κ3) is 4.14. The van der Waals surface area contributed by atoms with Gasteiger partial charge in [0.25, 0.3) is 5.56 Å². The van der Waals surface area contributed by atoms with Gasteiger partial charge in [0, 0.05) is 29.9 Å². The number of halogens is 3. The first kappa shape index (κ1) is 22.7. The molecular weight excluding hydrogens is 482 g/mol. The number of aryl methyl sites for hydroxylation is 1. The van der Waals surface area contributed by atoms with Crippen LogP contribution in [0.3, 0.4) is 0 Å². The minimum atomic E-state index is -3.02. The average molecular weight is 499 g/mol.